The number of amides is 1. The van der Waals surface area contributed by atoms with Gasteiger partial charge in [0.05, 0.1) is 17.6 Å². The van der Waals surface area contributed by atoms with Gasteiger partial charge in [-0.3, -0.25) is 9.59 Å². The Bertz CT molecular complexity index is 1060. The third kappa shape index (κ3) is 4.73. The highest BCUT2D eigenvalue weighted by Crippen LogP contribution is 2.26. The molecule has 29 heavy (non-hydrogen) atoms. The number of aromatic nitrogens is 2. The summed E-state index contributed by atoms with van der Waals surface area (Å²) in [4.78, 5) is 25.3. The van der Waals surface area contributed by atoms with Crippen molar-refractivity contribution in [3.63, 3.8) is 0 Å². The second-order valence-corrected chi connectivity index (χ2v) is 8.86. The maximum atomic E-state index is 12.7. The molecule has 1 heterocycles. The average Bonchev–Trinajstić information content (AvgIpc) is 2.68. The van der Waals surface area contributed by atoms with E-state index in [2.05, 4.69) is 69.3 Å². The number of rotatable bonds is 5. The van der Waals surface area contributed by atoms with Crippen LogP contribution in [-0.2, 0) is 16.8 Å². The van der Waals surface area contributed by atoms with Crippen LogP contribution in [0.4, 0.5) is 0 Å². The second-order valence-electron chi connectivity index (χ2n) is 8.86. The Morgan fingerprint density at radius 2 is 1.72 bits per heavy atom. The number of fused-ring (bicyclic) bond motifs is 1. The molecular weight excluding hydrogens is 362 g/mol. The normalized spacial score (nSPS) is 12.9. The summed E-state index contributed by atoms with van der Waals surface area (Å²) in [7, 11) is 0. The molecule has 1 amide bonds. The van der Waals surface area contributed by atoms with E-state index in [1.807, 2.05) is 18.2 Å². The number of hydrogen-bond donors (Lipinski definition) is 1. The fraction of sp³-hybridized carbons (Fsp3) is 0.375. The summed E-state index contributed by atoms with van der Waals surface area (Å²) in [5.41, 5.74) is 2.13. The van der Waals surface area contributed by atoms with Gasteiger partial charge in [-0.05, 0) is 28.5 Å². The quantitative estimate of drug-likeness (QED) is 0.709. The average molecular weight is 392 g/mol. The topological polar surface area (TPSA) is 64.0 Å². The van der Waals surface area contributed by atoms with Crippen molar-refractivity contribution in [2.75, 3.05) is 0 Å². The molecule has 0 aliphatic rings. The Hall–Kier alpha value is -2.95. The Kier molecular flexibility index (Phi) is 5.87. The number of hydrogen-bond acceptors (Lipinski definition) is 3. The van der Waals surface area contributed by atoms with Crippen LogP contribution in [0.25, 0.3) is 10.8 Å². The molecule has 0 aliphatic heterocycles. The van der Waals surface area contributed by atoms with Gasteiger partial charge < -0.3 is 5.32 Å². The molecule has 0 unspecified atom stereocenters. The highest BCUT2D eigenvalue weighted by molar-refractivity contribution is 5.81. The fourth-order valence-electron chi connectivity index (χ4n) is 3.42. The minimum Gasteiger partial charge on any atom is -0.347 e. The number of nitrogens with one attached hydrogen (secondary N) is 1. The van der Waals surface area contributed by atoms with Gasteiger partial charge in [-0.2, -0.15) is 5.10 Å². The van der Waals surface area contributed by atoms with Crippen molar-refractivity contribution in [1.29, 1.82) is 0 Å². The molecule has 0 spiro atoms. The van der Waals surface area contributed by atoms with Gasteiger partial charge >= 0.3 is 0 Å². The van der Waals surface area contributed by atoms with Crippen LogP contribution in [0.15, 0.2) is 59.5 Å². The molecule has 0 radical (unpaired) electrons. The first-order chi connectivity index (χ1) is 13.7. The molecule has 152 valence electrons. The van der Waals surface area contributed by atoms with Crippen molar-refractivity contribution in [2.45, 2.75) is 52.6 Å². The van der Waals surface area contributed by atoms with Crippen LogP contribution in [0.2, 0.25) is 0 Å². The first-order valence-electron chi connectivity index (χ1n) is 10.0. The smallest absolute Gasteiger partial charge is 0.275 e. The Morgan fingerprint density at radius 1 is 1.07 bits per heavy atom. The lowest BCUT2D eigenvalue weighted by molar-refractivity contribution is -0.123. The lowest BCUT2D eigenvalue weighted by Crippen LogP contribution is -2.37. The summed E-state index contributed by atoms with van der Waals surface area (Å²) in [6, 6.07) is 15.5. The highest BCUT2D eigenvalue weighted by atomic mass is 16.2. The highest BCUT2D eigenvalue weighted by Gasteiger charge is 2.20. The zero-order valence-electron chi connectivity index (χ0n) is 17.8. The van der Waals surface area contributed by atoms with Gasteiger partial charge in [-0.25, -0.2) is 4.68 Å². The van der Waals surface area contributed by atoms with E-state index in [9.17, 15) is 9.59 Å². The third-order valence-corrected chi connectivity index (χ3v) is 5.17. The summed E-state index contributed by atoms with van der Waals surface area (Å²) in [6.45, 7) is 10.6. The van der Waals surface area contributed by atoms with Gasteiger partial charge in [0.1, 0.15) is 6.54 Å². The number of carbonyl (C=O) groups is 1. The van der Waals surface area contributed by atoms with Crippen molar-refractivity contribution in [2.24, 2.45) is 5.92 Å². The molecule has 3 aromatic rings. The van der Waals surface area contributed by atoms with Crippen molar-refractivity contribution < 1.29 is 4.79 Å². The Labute approximate surface area is 171 Å². The van der Waals surface area contributed by atoms with E-state index in [0.29, 0.717) is 5.39 Å². The molecule has 3 rings (SSSR count). The summed E-state index contributed by atoms with van der Waals surface area (Å²) >= 11 is 0. The van der Waals surface area contributed by atoms with E-state index in [0.717, 1.165) is 10.9 Å². The maximum Gasteiger partial charge on any atom is 0.275 e. The Balaban J connectivity index is 1.78. The predicted octanol–water partition coefficient (Wildman–Crippen LogP) is 4.21. The van der Waals surface area contributed by atoms with Crippen LogP contribution in [0.1, 0.15) is 51.8 Å². The van der Waals surface area contributed by atoms with Crippen molar-refractivity contribution >= 4 is 16.7 Å². The second kappa shape index (κ2) is 8.19. The monoisotopic (exact) mass is 391 g/mol. The summed E-state index contributed by atoms with van der Waals surface area (Å²) in [6.07, 6.45) is 1.62. The van der Waals surface area contributed by atoms with E-state index in [1.165, 1.54) is 10.2 Å². The molecule has 2 aromatic carbocycles. The lowest BCUT2D eigenvalue weighted by atomic mass is 9.85. The van der Waals surface area contributed by atoms with Crippen molar-refractivity contribution in [3.05, 3.63) is 76.2 Å². The fourth-order valence-corrected chi connectivity index (χ4v) is 3.42. The van der Waals surface area contributed by atoms with Gasteiger partial charge in [0.15, 0.2) is 0 Å². The molecule has 0 aliphatic carbocycles. The molecule has 1 atom stereocenters. The first kappa shape index (κ1) is 20.8. The molecule has 5 nitrogen and oxygen atoms in total. The molecule has 0 fully saturated rings. The largest absolute Gasteiger partial charge is 0.347 e. The van der Waals surface area contributed by atoms with E-state index in [4.69, 9.17) is 0 Å². The maximum absolute atomic E-state index is 12.7. The molecule has 0 saturated heterocycles. The minimum atomic E-state index is -0.256. The molecular formula is C24H29N3O2. The zero-order valence-corrected chi connectivity index (χ0v) is 17.8. The van der Waals surface area contributed by atoms with Gasteiger partial charge in [-0.1, -0.05) is 77.1 Å². The van der Waals surface area contributed by atoms with Gasteiger partial charge in [-0.15, -0.1) is 0 Å². The van der Waals surface area contributed by atoms with Gasteiger partial charge in [0.2, 0.25) is 5.91 Å². The minimum absolute atomic E-state index is 0.0814. The van der Waals surface area contributed by atoms with Gasteiger partial charge in [0.25, 0.3) is 5.56 Å². The van der Waals surface area contributed by atoms with Gasteiger partial charge in [0, 0.05) is 5.39 Å². The molecule has 0 saturated carbocycles. The van der Waals surface area contributed by atoms with E-state index >= 15 is 0 Å². The van der Waals surface area contributed by atoms with E-state index in [1.54, 1.807) is 12.3 Å². The van der Waals surface area contributed by atoms with Crippen LogP contribution < -0.4 is 10.9 Å². The van der Waals surface area contributed by atoms with Crippen LogP contribution in [0.3, 0.4) is 0 Å². The van der Waals surface area contributed by atoms with Crippen molar-refractivity contribution in [1.82, 2.24) is 15.1 Å². The lowest BCUT2D eigenvalue weighted by Gasteiger charge is -2.25. The zero-order chi connectivity index (χ0) is 21.2. The molecule has 5 heteroatoms. The number of nitrogens with zero attached hydrogens (tertiary/aromatic N) is 2. The Morgan fingerprint density at radius 3 is 2.34 bits per heavy atom. The number of carbonyl (C=O) groups excluding carboxylic acids is 1. The van der Waals surface area contributed by atoms with Crippen LogP contribution in [0, 0.1) is 5.92 Å². The SMILES string of the molecule is CC(C)[C@H](NC(=O)Cn1ncc2ccccc2c1=O)c1ccc(C(C)(C)C)cc1. The van der Waals surface area contributed by atoms with E-state index < -0.39 is 0 Å². The summed E-state index contributed by atoms with van der Waals surface area (Å²) in [5.74, 6) is -0.0193. The third-order valence-electron chi connectivity index (χ3n) is 5.17. The summed E-state index contributed by atoms with van der Waals surface area (Å²) in [5, 5.41) is 8.56. The molecule has 1 aromatic heterocycles. The van der Waals surface area contributed by atoms with E-state index in [-0.39, 0.29) is 35.4 Å². The van der Waals surface area contributed by atoms with Crippen LogP contribution >= 0.6 is 0 Å². The summed E-state index contributed by atoms with van der Waals surface area (Å²) < 4.78 is 1.22. The molecule has 1 N–H and O–H groups in total. The predicted molar refractivity (Wildman–Crippen MR) is 117 cm³/mol. The molecule has 0 bridgehead atoms. The van der Waals surface area contributed by atoms with Crippen LogP contribution in [-0.4, -0.2) is 15.7 Å². The first-order valence-corrected chi connectivity index (χ1v) is 10.0. The van der Waals surface area contributed by atoms with Crippen molar-refractivity contribution in [3.8, 4) is 0 Å². The number of benzene rings is 2. The van der Waals surface area contributed by atoms with Crippen LogP contribution in [0.5, 0.6) is 0 Å². The standard InChI is InChI=1S/C24H29N3O2/c1-16(2)22(17-10-12-19(13-11-17)24(3,4)5)26-21(28)15-27-23(29)20-9-7-6-8-18(20)14-25-27/h6-14,16,22H,15H2,1-5H3,(H,26,28)/t22-/m0/s1.